The van der Waals surface area contributed by atoms with E-state index in [9.17, 15) is 4.79 Å². The molecule has 0 radical (unpaired) electrons. The maximum atomic E-state index is 13.4. The highest BCUT2D eigenvalue weighted by atomic mass is 32.1. The summed E-state index contributed by atoms with van der Waals surface area (Å²) in [5.74, 6) is 1.24. The summed E-state index contributed by atoms with van der Waals surface area (Å²) in [5, 5.41) is 0.668. The molecule has 0 fully saturated rings. The molecule has 0 bridgehead atoms. The van der Waals surface area contributed by atoms with Crippen LogP contribution in [0.25, 0.3) is 10.2 Å². The van der Waals surface area contributed by atoms with E-state index in [1.807, 2.05) is 56.3 Å². The molecule has 0 saturated carbocycles. The number of amides is 1. The van der Waals surface area contributed by atoms with Gasteiger partial charge in [0.2, 0.25) is 0 Å². The molecule has 3 rings (SSSR count). The second kappa shape index (κ2) is 9.03. The normalized spacial score (nSPS) is 11.0. The fourth-order valence-electron chi connectivity index (χ4n) is 2.82. The molecule has 0 atom stereocenters. The van der Waals surface area contributed by atoms with Crippen molar-refractivity contribution < 1.29 is 14.3 Å². The summed E-state index contributed by atoms with van der Waals surface area (Å²) < 4.78 is 12.0. The number of carbonyl (C=O) groups excluding carboxylic acids is 1. The molecule has 7 heteroatoms. The van der Waals surface area contributed by atoms with Crippen LogP contribution in [0.3, 0.4) is 0 Å². The van der Waals surface area contributed by atoms with Gasteiger partial charge < -0.3 is 14.4 Å². The highest BCUT2D eigenvalue weighted by Gasteiger charge is 2.24. The zero-order valence-electron chi connectivity index (χ0n) is 16.6. The molecular formula is C21H25N3O3S. The lowest BCUT2D eigenvalue weighted by Crippen LogP contribution is -2.36. The van der Waals surface area contributed by atoms with Crippen molar-refractivity contribution in [2.45, 2.75) is 6.92 Å². The second-order valence-corrected chi connectivity index (χ2v) is 7.53. The lowest BCUT2D eigenvalue weighted by Gasteiger charge is -2.22. The standard InChI is InChI=1S/C21H25N3O3S/c1-5-27-15-10-11-17-19(14-15)28-21(22-17)24(13-12-23(2)3)20(25)16-8-6-7-9-18(16)26-4/h6-11,14H,5,12-13H2,1-4H3. The van der Waals surface area contributed by atoms with E-state index in [1.165, 1.54) is 11.3 Å². The number of anilines is 1. The lowest BCUT2D eigenvalue weighted by atomic mass is 10.1. The Morgan fingerprint density at radius 3 is 2.64 bits per heavy atom. The first-order valence-electron chi connectivity index (χ1n) is 9.16. The summed E-state index contributed by atoms with van der Waals surface area (Å²) in [6.45, 7) is 3.82. The summed E-state index contributed by atoms with van der Waals surface area (Å²) >= 11 is 1.49. The first-order valence-corrected chi connectivity index (χ1v) is 9.98. The van der Waals surface area contributed by atoms with Gasteiger partial charge >= 0.3 is 0 Å². The first-order chi connectivity index (χ1) is 13.5. The maximum absolute atomic E-state index is 13.4. The monoisotopic (exact) mass is 399 g/mol. The van der Waals surface area contributed by atoms with Gasteiger partial charge in [0.1, 0.15) is 11.5 Å². The van der Waals surface area contributed by atoms with Crippen LogP contribution in [0.1, 0.15) is 17.3 Å². The number of carbonyl (C=O) groups is 1. The van der Waals surface area contributed by atoms with E-state index < -0.39 is 0 Å². The van der Waals surface area contributed by atoms with Crippen molar-refractivity contribution >= 4 is 32.6 Å². The van der Waals surface area contributed by atoms with E-state index >= 15 is 0 Å². The molecule has 0 saturated heterocycles. The number of thiazole rings is 1. The maximum Gasteiger partial charge on any atom is 0.263 e. The van der Waals surface area contributed by atoms with Gasteiger partial charge in [0.15, 0.2) is 5.13 Å². The van der Waals surface area contributed by atoms with Gasteiger partial charge in [0.05, 0.1) is 29.5 Å². The Morgan fingerprint density at radius 2 is 1.93 bits per heavy atom. The summed E-state index contributed by atoms with van der Waals surface area (Å²) in [4.78, 5) is 21.8. The number of aromatic nitrogens is 1. The summed E-state index contributed by atoms with van der Waals surface area (Å²) in [6.07, 6.45) is 0. The van der Waals surface area contributed by atoms with Crippen LogP contribution in [-0.4, -0.2) is 56.7 Å². The van der Waals surface area contributed by atoms with Crippen LogP contribution < -0.4 is 14.4 Å². The quantitative estimate of drug-likeness (QED) is 0.575. The van der Waals surface area contributed by atoms with E-state index in [-0.39, 0.29) is 5.91 Å². The fraction of sp³-hybridized carbons (Fsp3) is 0.333. The Kier molecular flexibility index (Phi) is 6.49. The van der Waals surface area contributed by atoms with Gasteiger partial charge in [-0.15, -0.1) is 0 Å². The Balaban J connectivity index is 1.99. The number of hydrogen-bond acceptors (Lipinski definition) is 6. The number of rotatable bonds is 8. The van der Waals surface area contributed by atoms with Crippen molar-refractivity contribution in [2.24, 2.45) is 0 Å². The number of benzene rings is 2. The molecule has 0 aliphatic heterocycles. The molecule has 1 aromatic heterocycles. The van der Waals surface area contributed by atoms with Crippen LogP contribution >= 0.6 is 11.3 Å². The summed E-state index contributed by atoms with van der Waals surface area (Å²) in [5.41, 5.74) is 1.38. The third kappa shape index (κ3) is 4.43. The van der Waals surface area contributed by atoms with E-state index in [0.29, 0.717) is 29.6 Å². The highest BCUT2D eigenvalue weighted by Crippen LogP contribution is 2.33. The van der Waals surface area contributed by atoms with Crippen molar-refractivity contribution in [3.63, 3.8) is 0 Å². The molecule has 1 heterocycles. The summed E-state index contributed by atoms with van der Waals surface area (Å²) in [6, 6.07) is 13.1. The lowest BCUT2D eigenvalue weighted by molar-refractivity contribution is 0.0982. The summed E-state index contributed by atoms with van der Waals surface area (Å²) in [7, 11) is 5.54. The molecule has 2 aromatic carbocycles. The van der Waals surface area contributed by atoms with Gasteiger partial charge in [0, 0.05) is 13.1 Å². The fourth-order valence-corrected chi connectivity index (χ4v) is 3.83. The average molecular weight is 400 g/mol. The minimum atomic E-state index is -0.122. The molecule has 3 aromatic rings. The first kappa shape index (κ1) is 20.1. The molecule has 1 amide bonds. The molecule has 28 heavy (non-hydrogen) atoms. The minimum absolute atomic E-state index is 0.122. The molecule has 0 aliphatic rings. The number of methoxy groups -OCH3 is 1. The number of hydrogen-bond donors (Lipinski definition) is 0. The van der Waals surface area contributed by atoms with Crippen LogP contribution in [0, 0.1) is 0 Å². The largest absolute Gasteiger partial charge is 0.496 e. The van der Waals surface area contributed by atoms with E-state index in [1.54, 1.807) is 24.1 Å². The van der Waals surface area contributed by atoms with Crippen molar-refractivity contribution in [3.05, 3.63) is 48.0 Å². The van der Waals surface area contributed by atoms with Gasteiger partial charge in [-0.2, -0.15) is 0 Å². The van der Waals surface area contributed by atoms with E-state index in [2.05, 4.69) is 0 Å². The van der Waals surface area contributed by atoms with Crippen LogP contribution in [0.5, 0.6) is 11.5 Å². The zero-order valence-corrected chi connectivity index (χ0v) is 17.5. The van der Waals surface area contributed by atoms with Gasteiger partial charge in [-0.1, -0.05) is 23.5 Å². The molecular weight excluding hydrogens is 374 g/mol. The average Bonchev–Trinajstić information content (AvgIpc) is 3.11. The third-order valence-corrected chi connectivity index (χ3v) is 5.29. The number of fused-ring (bicyclic) bond motifs is 1. The predicted octanol–water partition coefficient (Wildman–Crippen LogP) is 3.91. The molecule has 0 unspecified atom stereocenters. The number of ether oxygens (including phenoxy) is 2. The third-order valence-electron chi connectivity index (χ3n) is 4.24. The Morgan fingerprint density at radius 1 is 1.14 bits per heavy atom. The number of nitrogens with zero attached hydrogens (tertiary/aromatic N) is 3. The van der Waals surface area contributed by atoms with Crippen LogP contribution in [-0.2, 0) is 0 Å². The van der Waals surface area contributed by atoms with Crippen molar-refractivity contribution in [3.8, 4) is 11.5 Å². The number of likely N-dealkylation sites (N-methyl/N-ethyl adjacent to an activating group) is 1. The molecule has 0 N–H and O–H groups in total. The van der Waals surface area contributed by atoms with Gasteiger partial charge in [-0.05, 0) is 51.4 Å². The Hall–Kier alpha value is -2.64. The highest BCUT2D eigenvalue weighted by molar-refractivity contribution is 7.22. The van der Waals surface area contributed by atoms with E-state index in [0.717, 1.165) is 22.5 Å². The predicted molar refractivity (Wildman–Crippen MR) is 114 cm³/mol. The molecule has 6 nitrogen and oxygen atoms in total. The van der Waals surface area contributed by atoms with Crippen LogP contribution in [0.15, 0.2) is 42.5 Å². The molecule has 148 valence electrons. The second-order valence-electron chi connectivity index (χ2n) is 6.52. The van der Waals surface area contributed by atoms with Gasteiger partial charge in [0.25, 0.3) is 5.91 Å². The van der Waals surface area contributed by atoms with E-state index in [4.69, 9.17) is 14.5 Å². The van der Waals surface area contributed by atoms with Gasteiger partial charge in [-0.3, -0.25) is 9.69 Å². The van der Waals surface area contributed by atoms with Crippen LogP contribution in [0.2, 0.25) is 0 Å². The molecule has 0 spiro atoms. The van der Waals surface area contributed by atoms with Crippen molar-refractivity contribution in [1.82, 2.24) is 9.88 Å². The number of para-hydroxylation sites is 1. The van der Waals surface area contributed by atoms with Crippen LogP contribution in [0.4, 0.5) is 5.13 Å². The SMILES string of the molecule is CCOc1ccc2nc(N(CCN(C)C)C(=O)c3ccccc3OC)sc2c1. The van der Waals surface area contributed by atoms with Crippen molar-refractivity contribution in [2.75, 3.05) is 45.8 Å². The Bertz CT molecular complexity index is 955. The van der Waals surface area contributed by atoms with Crippen molar-refractivity contribution in [1.29, 1.82) is 0 Å². The topological polar surface area (TPSA) is 54.9 Å². The molecule has 0 aliphatic carbocycles. The van der Waals surface area contributed by atoms with Gasteiger partial charge in [-0.25, -0.2) is 4.98 Å². The Labute approximate surface area is 169 Å². The smallest absolute Gasteiger partial charge is 0.263 e. The minimum Gasteiger partial charge on any atom is -0.496 e. The zero-order chi connectivity index (χ0) is 20.1.